The van der Waals surface area contributed by atoms with Crippen LogP contribution in [0.3, 0.4) is 0 Å². The maximum atomic E-state index is 11.9. The summed E-state index contributed by atoms with van der Waals surface area (Å²) in [6.45, 7) is -0.424. The third-order valence-electron chi connectivity index (χ3n) is 3.29. The van der Waals surface area contributed by atoms with Gasteiger partial charge in [-0.1, -0.05) is 12.1 Å². The molecule has 2 aromatic rings. The van der Waals surface area contributed by atoms with Gasteiger partial charge < -0.3 is 9.47 Å². The normalized spacial score (nSPS) is 10.4. The second-order valence-corrected chi connectivity index (χ2v) is 4.91. The van der Waals surface area contributed by atoms with E-state index in [1.807, 2.05) is 0 Å². The van der Waals surface area contributed by atoms with Crippen molar-refractivity contribution >= 4 is 23.5 Å². The van der Waals surface area contributed by atoms with Gasteiger partial charge >= 0.3 is 5.97 Å². The van der Waals surface area contributed by atoms with Crippen molar-refractivity contribution in [3.63, 3.8) is 0 Å². The van der Waals surface area contributed by atoms with Gasteiger partial charge in [0.15, 0.2) is 12.4 Å². The summed E-state index contributed by atoms with van der Waals surface area (Å²) in [5.74, 6) is -0.518. The summed E-state index contributed by atoms with van der Waals surface area (Å²) < 4.78 is 9.85. The number of rotatable bonds is 7. The van der Waals surface area contributed by atoms with Crippen LogP contribution >= 0.6 is 0 Å². The lowest BCUT2D eigenvalue weighted by molar-refractivity contribution is -0.385. The summed E-state index contributed by atoms with van der Waals surface area (Å²) in [4.78, 5) is 34.0. The highest BCUT2D eigenvalue weighted by molar-refractivity contribution is 5.99. The average molecular weight is 341 g/mol. The summed E-state index contributed by atoms with van der Waals surface area (Å²) in [6.07, 6.45) is 2.32. The van der Waals surface area contributed by atoms with E-state index in [1.165, 1.54) is 31.4 Å². The zero-order valence-electron chi connectivity index (χ0n) is 13.4. The number of Topliss-reactive ketones (excluding diaryl/α,β-unsaturated/α-hetero) is 1. The van der Waals surface area contributed by atoms with Crippen LogP contribution in [0.15, 0.2) is 54.6 Å². The molecule has 0 saturated carbocycles. The standard InChI is InChI=1S/C18H15NO6/c1-24-15-9-6-14(7-10-15)17(20)12-25-18(21)11-8-13-4-2-3-5-16(13)19(22)23/h2-11H,12H2,1H3/b11-8+. The van der Waals surface area contributed by atoms with Crippen molar-refractivity contribution in [3.05, 3.63) is 75.8 Å². The first kappa shape index (κ1) is 17.9. The Hall–Kier alpha value is -3.48. The second kappa shape index (κ2) is 8.39. The molecule has 0 aliphatic carbocycles. The molecule has 0 heterocycles. The van der Waals surface area contributed by atoms with Crippen molar-refractivity contribution in [2.75, 3.05) is 13.7 Å². The fourth-order valence-corrected chi connectivity index (χ4v) is 2.00. The molecule has 0 aromatic heterocycles. The van der Waals surface area contributed by atoms with Gasteiger partial charge in [-0.2, -0.15) is 0 Å². The van der Waals surface area contributed by atoms with Gasteiger partial charge in [0.1, 0.15) is 5.75 Å². The number of para-hydroxylation sites is 1. The van der Waals surface area contributed by atoms with Crippen molar-refractivity contribution in [1.82, 2.24) is 0 Å². The third kappa shape index (κ3) is 5.00. The van der Waals surface area contributed by atoms with Gasteiger partial charge in [0.05, 0.1) is 17.6 Å². The van der Waals surface area contributed by atoms with Crippen LogP contribution in [0.1, 0.15) is 15.9 Å². The fraction of sp³-hybridized carbons (Fsp3) is 0.111. The average Bonchev–Trinajstić information content (AvgIpc) is 2.64. The number of esters is 1. The van der Waals surface area contributed by atoms with E-state index in [0.29, 0.717) is 11.3 Å². The van der Waals surface area contributed by atoms with Gasteiger partial charge in [0.2, 0.25) is 0 Å². The highest BCUT2D eigenvalue weighted by Crippen LogP contribution is 2.19. The van der Waals surface area contributed by atoms with E-state index in [0.717, 1.165) is 6.08 Å². The van der Waals surface area contributed by atoms with Crippen LogP contribution in [0.5, 0.6) is 5.75 Å². The topological polar surface area (TPSA) is 95.7 Å². The minimum Gasteiger partial charge on any atom is -0.497 e. The smallest absolute Gasteiger partial charge is 0.331 e. The van der Waals surface area contributed by atoms with Gasteiger partial charge in [-0.05, 0) is 36.4 Å². The van der Waals surface area contributed by atoms with Crippen molar-refractivity contribution < 1.29 is 24.0 Å². The number of ketones is 1. The minimum absolute atomic E-state index is 0.124. The molecule has 128 valence electrons. The molecule has 0 spiro atoms. The number of nitrogens with zero attached hydrogens (tertiary/aromatic N) is 1. The molecular weight excluding hydrogens is 326 g/mol. The molecule has 0 atom stereocenters. The van der Waals surface area contributed by atoms with Gasteiger partial charge in [-0.3, -0.25) is 14.9 Å². The summed E-state index contributed by atoms with van der Waals surface area (Å²) in [5, 5.41) is 10.9. The van der Waals surface area contributed by atoms with Gasteiger partial charge in [-0.15, -0.1) is 0 Å². The summed E-state index contributed by atoms with van der Waals surface area (Å²) in [6, 6.07) is 12.4. The molecule has 2 rings (SSSR count). The predicted molar refractivity (Wildman–Crippen MR) is 90.4 cm³/mol. The highest BCUT2D eigenvalue weighted by atomic mass is 16.6. The summed E-state index contributed by atoms with van der Waals surface area (Å²) in [7, 11) is 1.52. The van der Waals surface area contributed by atoms with Crippen LogP contribution < -0.4 is 4.74 Å². The molecule has 0 aliphatic heterocycles. The molecule has 25 heavy (non-hydrogen) atoms. The number of carbonyl (C=O) groups is 2. The molecule has 0 fully saturated rings. The number of carbonyl (C=O) groups excluding carboxylic acids is 2. The van der Waals surface area contributed by atoms with Crippen molar-refractivity contribution in [3.8, 4) is 5.75 Å². The first-order valence-corrected chi connectivity index (χ1v) is 7.27. The van der Waals surface area contributed by atoms with Crippen LogP contribution in [0.4, 0.5) is 5.69 Å². The predicted octanol–water partition coefficient (Wildman–Crippen LogP) is 3.04. The molecule has 2 aromatic carbocycles. The SMILES string of the molecule is COc1ccc(C(=O)COC(=O)/C=C/c2ccccc2[N+](=O)[O-])cc1. The number of hydrogen-bond acceptors (Lipinski definition) is 6. The number of ether oxygens (including phenoxy) is 2. The Kier molecular flexibility index (Phi) is 6.00. The minimum atomic E-state index is -0.764. The fourth-order valence-electron chi connectivity index (χ4n) is 2.00. The Morgan fingerprint density at radius 2 is 1.80 bits per heavy atom. The first-order valence-electron chi connectivity index (χ1n) is 7.27. The number of benzene rings is 2. The maximum absolute atomic E-state index is 11.9. The van der Waals surface area contributed by atoms with E-state index in [9.17, 15) is 19.7 Å². The molecule has 0 unspecified atom stereocenters. The Bertz CT molecular complexity index is 811. The molecular formula is C18H15NO6. The number of nitro benzene ring substituents is 1. The number of hydrogen-bond donors (Lipinski definition) is 0. The molecule has 0 radical (unpaired) electrons. The lowest BCUT2D eigenvalue weighted by Gasteiger charge is -2.03. The molecule has 0 bridgehead atoms. The van der Waals surface area contributed by atoms with E-state index in [1.54, 1.807) is 30.3 Å². The number of methoxy groups -OCH3 is 1. The zero-order valence-corrected chi connectivity index (χ0v) is 13.4. The Morgan fingerprint density at radius 3 is 2.44 bits per heavy atom. The second-order valence-electron chi connectivity index (χ2n) is 4.91. The van der Waals surface area contributed by atoms with E-state index >= 15 is 0 Å². The van der Waals surface area contributed by atoms with Crippen LogP contribution in [-0.4, -0.2) is 30.4 Å². The summed E-state index contributed by atoms with van der Waals surface area (Å²) in [5.41, 5.74) is 0.531. The third-order valence-corrected chi connectivity index (χ3v) is 3.29. The van der Waals surface area contributed by atoms with E-state index in [-0.39, 0.29) is 17.0 Å². The van der Waals surface area contributed by atoms with Gasteiger partial charge in [0.25, 0.3) is 5.69 Å². The zero-order chi connectivity index (χ0) is 18.2. The van der Waals surface area contributed by atoms with Crippen molar-refractivity contribution in [2.45, 2.75) is 0 Å². The van der Waals surface area contributed by atoms with Gasteiger partial charge in [0, 0.05) is 17.7 Å². The lowest BCUT2D eigenvalue weighted by atomic mass is 10.1. The highest BCUT2D eigenvalue weighted by Gasteiger charge is 2.11. The van der Waals surface area contributed by atoms with Crippen LogP contribution in [0.25, 0.3) is 6.08 Å². The molecule has 0 saturated heterocycles. The van der Waals surface area contributed by atoms with Crippen molar-refractivity contribution in [2.24, 2.45) is 0 Å². The van der Waals surface area contributed by atoms with Crippen molar-refractivity contribution in [1.29, 1.82) is 0 Å². The quantitative estimate of drug-likeness (QED) is 0.252. The maximum Gasteiger partial charge on any atom is 0.331 e. The van der Waals surface area contributed by atoms with E-state index in [4.69, 9.17) is 9.47 Å². The lowest BCUT2D eigenvalue weighted by Crippen LogP contribution is -2.12. The van der Waals surface area contributed by atoms with Crippen LogP contribution in [0, 0.1) is 10.1 Å². The molecule has 0 amide bonds. The molecule has 0 N–H and O–H groups in total. The summed E-state index contributed by atoms with van der Waals surface area (Å²) >= 11 is 0. The Labute approximate surface area is 143 Å². The molecule has 0 aliphatic rings. The largest absolute Gasteiger partial charge is 0.497 e. The molecule has 7 nitrogen and oxygen atoms in total. The monoisotopic (exact) mass is 341 g/mol. The first-order chi connectivity index (χ1) is 12.0. The Morgan fingerprint density at radius 1 is 1.12 bits per heavy atom. The molecule has 7 heteroatoms. The van der Waals surface area contributed by atoms with Crippen LogP contribution in [-0.2, 0) is 9.53 Å². The van der Waals surface area contributed by atoms with E-state index in [2.05, 4.69) is 0 Å². The number of nitro groups is 1. The van der Waals surface area contributed by atoms with Crippen LogP contribution in [0.2, 0.25) is 0 Å². The van der Waals surface area contributed by atoms with E-state index < -0.39 is 17.5 Å². The Balaban J connectivity index is 1.94. The van der Waals surface area contributed by atoms with Gasteiger partial charge in [-0.25, -0.2) is 4.79 Å².